The Morgan fingerprint density at radius 3 is 2.44 bits per heavy atom. The second-order valence-corrected chi connectivity index (χ2v) is 6.30. The van der Waals surface area contributed by atoms with Crippen molar-refractivity contribution in [2.24, 2.45) is 5.92 Å². The van der Waals surface area contributed by atoms with Crippen LogP contribution in [-0.4, -0.2) is 43.6 Å². The zero-order valence-corrected chi connectivity index (χ0v) is 15.6. The summed E-state index contributed by atoms with van der Waals surface area (Å²) in [5.41, 5.74) is -0.356. The van der Waals surface area contributed by atoms with Gasteiger partial charge in [0.25, 0.3) is 5.91 Å². The minimum Gasteiger partial charge on any atom is -0.450 e. The maximum atomic E-state index is 13.5. The molecular formula is C18H25F2N3O4. The van der Waals surface area contributed by atoms with E-state index in [1.54, 1.807) is 6.92 Å². The van der Waals surface area contributed by atoms with Gasteiger partial charge >= 0.3 is 6.09 Å². The first-order valence-corrected chi connectivity index (χ1v) is 8.66. The van der Waals surface area contributed by atoms with Crippen molar-refractivity contribution in [1.82, 2.24) is 16.0 Å². The van der Waals surface area contributed by atoms with Crippen LogP contribution in [0.25, 0.3) is 0 Å². The molecule has 0 saturated carbocycles. The minimum atomic E-state index is -1.01. The van der Waals surface area contributed by atoms with Gasteiger partial charge in [-0.1, -0.05) is 13.8 Å². The highest BCUT2D eigenvalue weighted by molar-refractivity contribution is 5.96. The van der Waals surface area contributed by atoms with Crippen LogP contribution in [-0.2, 0) is 9.53 Å². The summed E-state index contributed by atoms with van der Waals surface area (Å²) in [7, 11) is 0. The number of benzene rings is 1. The van der Waals surface area contributed by atoms with Gasteiger partial charge in [0.15, 0.2) is 0 Å². The summed E-state index contributed by atoms with van der Waals surface area (Å²) in [6, 6.07) is 2.21. The predicted molar refractivity (Wildman–Crippen MR) is 95.1 cm³/mol. The van der Waals surface area contributed by atoms with E-state index in [1.165, 1.54) is 0 Å². The Balaban J connectivity index is 2.49. The average molecular weight is 385 g/mol. The van der Waals surface area contributed by atoms with Gasteiger partial charge < -0.3 is 20.7 Å². The Labute approximate surface area is 156 Å². The third-order valence-corrected chi connectivity index (χ3v) is 3.48. The Morgan fingerprint density at radius 2 is 1.85 bits per heavy atom. The normalized spacial score (nSPS) is 11.6. The maximum absolute atomic E-state index is 13.5. The lowest BCUT2D eigenvalue weighted by atomic mass is 10.0. The van der Waals surface area contributed by atoms with Crippen LogP contribution in [0.4, 0.5) is 13.6 Å². The van der Waals surface area contributed by atoms with E-state index in [2.05, 4.69) is 16.0 Å². The van der Waals surface area contributed by atoms with Crippen LogP contribution in [0, 0.1) is 17.6 Å². The highest BCUT2D eigenvalue weighted by Crippen LogP contribution is 2.09. The van der Waals surface area contributed by atoms with E-state index in [9.17, 15) is 23.2 Å². The third kappa shape index (κ3) is 8.48. The van der Waals surface area contributed by atoms with Crippen molar-refractivity contribution < 1.29 is 27.9 Å². The summed E-state index contributed by atoms with van der Waals surface area (Å²) in [4.78, 5) is 35.3. The molecule has 1 atom stereocenters. The fraction of sp³-hybridized carbons (Fsp3) is 0.500. The molecule has 1 unspecified atom stereocenters. The fourth-order valence-corrected chi connectivity index (χ4v) is 2.33. The maximum Gasteiger partial charge on any atom is 0.407 e. The lowest BCUT2D eigenvalue weighted by Gasteiger charge is -2.20. The summed E-state index contributed by atoms with van der Waals surface area (Å²) in [6.07, 6.45) is 0.0455. The molecule has 0 aromatic heterocycles. The molecule has 27 heavy (non-hydrogen) atoms. The lowest BCUT2D eigenvalue weighted by Crippen LogP contribution is -2.46. The summed E-state index contributed by atoms with van der Waals surface area (Å²) in [5, 5.41) is 7.51. The zero-order valence-electron chi connectivity index (χ0n) is 15.6. The van der Waals surface area contributed by atoms with Crippen LogP contribution in [0.1, 0.15) is 37.6 Å². The first kappa shape index (κ1) is 22.3. The Bertz CT molecular complexity index is 668. The van der Waals surface area contributed by atoms with Gasteiger partial charge in [0.1, 0.15) is 11.6 Å². The molecular weight excluding hydrogens is 360 g/mol. The van der Waals surface area contributed by atoms with Crippen molar-refractivity contribution in [1.29, 1.82) is 0 Å². The molecule has 1 aromatic carbocycles. The number of amides is 3. The molecule has 1 rings (SSSR count). The average Bonchev–Trinajstić information content (AvgIpc) is 2.57. The highest BCUT2D eigenvalue weighted by Gasteiger charge is 2.17. The monoisotopic (exact) mass is 385 g/mol. The van der Waals surface area contributed by atoms with E-state index in [-0.39, 0.29) is 37.2 Å². The molecule has 0 aliphatic heterocycles. The molecule has 150 valence electrons. The number of hydrogen-bond acceptors (Lipinski definition) is 4. The molecule has 1 aromatic rings. The van der Waals surface area contributed by atoms with Gasteiger partial charge in [-0.15, -0.1) is 0 Å². The summed E-state index contributed by atoms with van der Waals surface area (Å²) >= 11 is 0. The van der Waals surface area contributed by atoms with E-state index < -0.39 is 29.5 Å². The summed E-state index contributed by atoms with van der Waals surface area (Å²) < 4.78 is 31.2. The van der Waals surface area contributed by atoms with Crippen molar-refractivity contribution in [3.8, 4) is 0 Å². The molecule has 9 heteroatoms. The molecule has 0 aliphatic rings. The molecule has 7 nitrogen and oxygen atoms in total. The molecule has 0 spiro atoms. The van der Waals surface area contributed by atoms with Gasteiger partial charge in [0.05, 0.1) is 18.7 Å². The number of alkyl carbamates (subject to hydrolysis) is 1. The van der Waals surface area contributed by atoms with Crippen LogP contribution in [0.2, 0.25) is 0 Å². The second kappa shape index (κ2) is 11.1. The van der Waals surface area contributed by atoms with Crippen molar-refractivity contribution in [3.63, 3.8) is 0 Å². The van der Waals surface area contributed by atoms with Crippen molar-refractivity contribution in [2.45, 2.75) is 33.2 Å². The van der Waals surface area contributed by atoms with Crippen LogP contribution in [0.5, 0.6) is 0 Å². The number of hydrogen-bond donors (Lipinski definition) is 3. The summed E-state index contributed by atoms with van der Waals surface area (Å²) in [5.74, 6) is -2.87. The topological polar surface area (TPSA) is 96.5 Å². The predicted octanol–water partition coefficient (Wildman–Crippen LogP) is 1.97. The van der Waals surface area contributed by atoms with E-state index in [1.807, 2.05) is 13.8 Å². The quantitative estimate of drug-likeness (QED) is 0.606. The van der Waals surface area contributed by atoms with E-state index in [4.69, 9.17) is 4.74 Å². The SMILES string of the molecule is CCOC(=O)NC(CNC(=O)CNC(=O)c1ccc(F)cc1F)CC(C)C. The molecule has 3 N–H and O–H groups in total. The van der Waals surface area contributed by atoms with Crippen LogP contribution in [0.15, 0.2) is 18.2 Å². The van der Waals surface area contributed by atoms with Crippen molar-refractivity contribution >= 4 is 17.9 Å². The van der Waals surface area contributed by atoms with Gasteiger partial charge in [-0.3, -0.25) is 9.59 Å². The van der Waals surface area contributed by atoms with E-state index in [0.717, 1.165) is 12.1 Å². The zero-order chi connectivity index (χ0) is 20.4. The van der Waals surface area contributed by atoms with Gasteiger partial charge in [-0.2, -0.15) is 0 Å². The first-order valence-electron chi connectivity index (χ1n) is 8.66. The Hall–Kier alpha value is -2.71. The van der Waals surface area contributed by atoms with Crippen LogP contribution in [0.3, 0.4) is 0 Å². The molecule has 0 aliphatic carbocycles. The molecule has 0 radical (unpaired) electrons. The Morgan fingerprint density at radius 1 is 1.15 bits per heavy atom. The summed E-state index contributed by atoms with van der Waals surface area (Å²) in [6.45, 7) is 5.63. The van der Waals surface area contributed by atoms with Crippen molar-refractivity contribution in [3.05, 3.63) is 35.4 Å². The lowest BCUT2D eigenvalue weighted by molar-refractivity contribution is -0.120. The first-order chi connectivity index (χ1) is 12.7. The van der Waals surface area contributed by atoms with E-state index in [0.29, 0.717) is 12.5 Å². The highest BCUT2D eigenvalue weighted by atomic mass is 19.1. The number of rotatable bonds is 9. The molecule has 0 fully saturated rings. The smallest absolute Gasteiger partial charge is 0.407 e. The number of halogens is 2. The van der Waals surface area contributed by atoms with E-state index >= 15 is 0 Å². The number of carbonyl (C=O) groups excluding carboxylic acids is 3. The van der Waals surface area contributed by atoms with Gasteiger partial charge in [0.2, 0.25) is 5.91 Å². The molecule has 0 bridgehead atoms. The fourth-order valence-electron chi connectivity index (χ4n) is 2.33. The van der Waals surface area contributed by atoms with Gasteiger partial charge in [0, 0.05) is 18.7 Å². The third-order valence-electron chi connectivity index (χ3n) is 3.48. The molecule has 0 saturated heterocycles. The molecule has 0 heterocycles. The Kier molecular flexibility index (Phi) is 9.18. The number of ether oxygens (including phenoxy) is 1. The standard InChI is InChI=1S/C18H25F2N3O4/c1-4-27-18(26)23-13(7-11(2)3)9-21-16(24)10-22-17(25)14-6-5-12(19)8-15(14)20/h5-6,8,11,13H,4,7,9-10H2,1-3H3,(H,21,24)(H,22,25)(H,23,26). The molecule has 3 amide bonds. The largest absolute Gasteiger partial charge is 0.450 e. The second-order valence-electron chi connectivity index (χ2n) is 6.30. The van der Waals surface area contributed by atoms with Crippen LogP contribution >= 0.6 is 0 Å². The number of carbonyl (C=O) groups is 3. The van der Waals surface area contributed by atoms with Gasteiger partial charge in [-0.05, 0) is 31.4 Å². The van der Waals surface area contributed by atoms with Crippen LogP contribution < -0.4 is 16.0 Å². The van der Waals surface area contributed by atoms with Crippen molar-refractivity contribution in [2.75, 3.05) is 19.7 Å². The number of nitrogens with one attached hydrogen (secondary N) is 3. The van der Waals surface area contributed by atoms with Gasteiger partial charge in [-0.25, -0.2) is 13.6 Å². The minimum absolute atomic E-state index is 0.149.